The van der Waals surface area contributed by atoms with Crippen LogP contribution in [-0.2, 0) is 0 Å². The predicted octanol–water partition coefficient (Wildman–Crippen LogP) is 4.17. The normalized spacial score (nSPS) is 19.5. The van der Waals surface area contributed by atoms with Gasteiger partial charge in [0.1, 0.15) is 0 Å². The van der Waals surface area contributed by atoms with Crippen LogP contribution < -0.4 is 12.3 Å². The van der Waals surface area contributed by atoms with Gasteiger partial charge in [0.2, 0.25) is 0 Å². The zero-order chi connectivity index (χ0) is 22.1. The fraction of sp³-hybridized carbons (Fsp3) is 0.0741. The van der Waals surface area contributed by atoms with E-state index in [9.17, 15) is 9.59 Å². The quantitative estimate of drug-likeness (QED) is 0.269. The molecule has 0 bridgehead atoms. The van der Waals surface area contributed by atoms with Gasteiger partial charge in [-0.2, -0.15) is 0 Å². The number of anilines is 2. The summed E-state index contributed by atoms with van der Waals surface area (Å²) >= 11 is 0.845. The summed E-state index contributed by atoms with van der Waals surface area (Å²) in [6, 6.07) is 14.6. The van der Waals surface area contributed by atoms with Gasteiger partial charge in [0.05, 0.1) is 0 Å². The maximum absolute atomic E-state index is 12.7. The number of hydrogen-bond acceptors (Lipinski definition) is 5. The van der Waals surface area contributed by atoms with Gasteiger partial charge in [-0.3, -0.25) is 0 Å². The van der Waals surface area contributed by atoms with Gasteiger partial charge in [-0.05, 0) is 11.4 Å². The van der Waals surface area contributed by atoms with Crippen molar-refractivity contribution in [3.8, 4) is 0 Å². The molecule has 4 aliphatic rings. The van der Waals surface area contributed by atoms with Crippen molar-refractivity contribution < 1.29 is 9.59 Å². The van der Waals surface area contributed by atoms with E-state index in [4.69, 9.17) is 4.98 Å². The van der Waals surface area contributed by atoms with E-state index in [2.05, 4.69) is 47.4 Å². The van der Waals surface area contributed by atoms with E-state index >= 15 is 0 Å². The Morgan fingerprint density at radius 3 is 2.67 bits per heavy atom. The maximum atomic E-state index is 12.7. The summed E-state index contributed by atoms with van der Waals surface area (Å²) in [7, 11) is 0. The molecule has 0 fully saturated rings. The summed E-state index contributed by atoms with van der Waals surface area (Å²) in [5.74, 6) is -0.273. The number of fused-ring (bicyclic) bond motifs is 3. The van der Waals surface area contributed by atoms with Gasteiger partial charge in [-0.1, -0.05) is 0 Å². The molecule has 0 radical (unpaired) electrons. The molecule has 3 heterocycles. The molecule has 3 aromatic rings. The standard InChI is InChI=1S/C27H16N2O2STe/c30-24-19-7-9-32-26(19)25(31)20(24)12-15-10-16-13-18(14-17(16)11-15)29-21-4-1-2-6-23(21)33-27-22(29)5-3-8-28-27/h1-10,12,14H,11,13H2/b20-12+. The first-order valence-electron chi connectivity index (χ1n) is 10.7. The van der Waals surface area contributed by atoms with Crippen LogP contribution in [0.1, 0.15) is 32.9 Å². The number of thiophene rings is 1. The average Bonchev–Trinajstić information content (AvgIpc) is 3.58. The molecule has 1 aromatic carbocycles. The van der Waals surface area contributed by atoms with Gasteiger partial charge in [-0.25, -0.2) is 0 Å². The summed E-state index contributed by atoms with van der Waals surface area (Å²) in [5, 5.41) is 1.81. The summed E-state index contributed by atoms with van der Waals surface area (Å²) in [6.45, 7) is 0. The topological polar surface area (TPSA) is 50.3 Å². The smallest absolute Gasteiger partial charge is 0.140 e. The molecule has 0 spiro atoms. The van der Waals surface area contributed by atoms with Crippen molar-refractivity contribution in [2.45, 2.75) is 12.8 Å². The molecule has 2 aromatic heterocycles. The molecule has 33 heavy (non-hydrogen) atoms. The van der Waals surface area contributed by atoms with Crippen LogP contribution in [0.25, 0.3) is 0 Å². The second-order valence-electron chi connectivity index (χ2n) is 8.37. The molecule has 3 aliphatic carbocycles. The molecular weight excluding hydrogens is 544 g/mol. The van der Waals surface area contributed by atoms with Crippen molar-refractivity contribution in [2.24, 2.45) is 0 Å². The Bertz CT molecular complexity index is 1460. The molecule has 0 N–H and O–H groups in total. The van der Waals surface area contributed by atoms with E-state index in [1.165, 1.54) is 46.9 Å². The summed E-state index contributed by atoms with van der Waals surface area (Å²) < 4.78 is 2.63. The Morgan fingerprint density at radius 2 is 1.79 bits per heavy atom. The molecule has 0 amide bonds. The Morgan fingerprint density at radius 1 is 0.939 bits per heavy atom. The minimum atomic E-state index is -0.504. The third-order valence-electron chi connectivity index (χ3n) is 6.41. The second-order valence-corrected chi connectivity index (χ2v) is 12.2. The molecule has 0 saturated heterocycles. The Kier molecular flexibility index (Phi) is 4.26. The van der Waals surface area contributed by atoms with Gasteiger partial charge in [0.25, 0.3) is 0 Å². The minimum absolute atomic E-state index is 0.132. The van der Waals surface area contributed by atoms with Crippen molar-refractivity contribution >= 4 is 62.6 Å². The van der Waals surface area contributed by atoms with E-state index in [1.807, 2.05) is 23.7 Å². The molecule has 0 saturated carbocycles. The number of aromatic nitrogens is 1. The summed E-state index contributed by atoms with van der Waals surface area (Å²) in [4.78, 5) is 33.0. The number of Topliss-reactive ketones (excluding diaryl/α,β-unsaturated/α-hetero) is 2. The van der Waals surface area contributed by atoms with Crippen molar-refractivity contribution in [1.82, 2.24) is 4.98 Å². The first-order chi connectivity index (χ1) is 16.2. The number of pyridine rings is 1. The van der Waals surface area contributed by atoms with Gasteiger partial charge in [0, 0.05) is 0 Å². The number of para-hydroxylation sites is 1. The fourth-order valence-corrected chi connectivity index (χ4v) is 8.63. The Balaban J connectivity index is 1.19. The van der Waals surface area contributed by atoms with Crippen molar-refractivity contribution in [3.05, 3.63) is 111 Å². The van der Waals surface area contributed by atoms with Crippen LogP contribution >= 0.6 is 11.3 Å². The number of hydrogen-bond donors (Lipinski definition) is 0. The number of carbonyl (C=O) groups excluding carboxylic acids is 2. The zero-order valence-electron chi connectivity index (χ0n) is 17.4. The van der Waals surface area contributed by atoms with E-state index < -0.39 is 20.9 Å². The van der Waals surface area contributed by atoms with E-state index in [1.54, 1.807) is 6.07 Å². The SMILES string of the molecule is O=C1/C(=C\C2=CC3=C(C=C(N4c5ccccc5[Te]c5ncccc54)C3)C2)C(=O)c2sccc21. The van der Waals surface area contributed by atoms with E-state index in [-0.39, 0.29) is 11.6 Å². The van der Waals surface area contributed by atoms with Crippen molar-refractivity contribution in [1.29, 1.82) is 0 Å². The second kappa shape index (κ2) is 7.23. The molecule has 0 unspecified atom stereocenters. The Labute approximate surface area is 204 Å². The number of rotatable bonds is 2. The fourth-order valence-electron chi connectivity index (χ4n) is 4.95. The van der Waals surface area contributed by atoms with Crippen LogP contribution in [0, 0.1) is 0 Å². The van der Waals surface area contributed by atoms with Gasteiger partial charge >= 0.3 is 183 Å². The van der Waals surface area contributed by atoms with Gasteiger partial charge < -0.3 is 0 Å². The van der Waals surface area contributed by atoms with Crippen LogP contribution in [0.15, 0.2) is 100 Å². The third-order valence-corrected chi connectivity index (χ3v) is 10.4. The number of allylic oxidation sites excluding steroid dienone is 7. The summed E-state index contributed by atoms with van der Waals surface area (Å²) in [5.41, 5.74) is 8.17. The molecule has 7 rings (SSSR count). The van der Waals surface area contributed by atoms with Crippen LogP contribution in [0.5, 0.6) is 0 Å². The average molecular weight is 560 g/mol. The molecule has 6 heteroatoms. The van der Waals surface area contributed by atoms with Crippen LogP contribution in [0.2, 0.25) is 0 Å². The number of carbonyl (C=O) groups is 2. The number of nitrogens with zero attached hydrogens (tertiary/aromatic N) is 2. The number of benzene rings is 1. The van der Waals surface area contributed by atoms with E-state index in [0.717, 1.165) is 18.4 Å². The zero-order valence-corrected chi connectivity index (χ0v) is 20.5. The summed E-state index contributed by atoms with van der Waals surface area (Å²) in [6.07, 6.45) is 9.73. The van der Waals surface area contributed by atoms with Crippen molar-refractivity contribution in [2.75, 3.05) is 4.90 Å². The molecule has 1 aliphatic heterocycles. The minimum Gasteiger partial charge on any atom is -0.140 e. The molecular formula is C27H16N2O2STe. The van der Waals surface area contributed by atoms with Crippen LogP contribution in [0.4, 0.5) is 11.4 Å². The van der Waals surface area contributed by atoms with Crippen LogP contribution in [-0.4, -0.2) is 37.5 Å². The van der Waals surface area contributed by atoms with Gasteiger partial charge in [0.15, 0.2) is 0 Å². The van der Waals surface area contributed by atoms with E-state index in [0.29, 0.717) is 16.0 Å². The Hall–Kier alpha value is -3.04. The first kappa shape index (κ1) is 19.4. The number of ketones is 2. The molecule has 4 nitrogen and oxygen atoms in total. The molecule has 158 valence electrons. The van der Waals surface area contributed by atoms with Crippen molar-refractivity contribution in [3.63, 3.8) is 0 Å². The monoisotopic (exact) mass is 562 g/mol. The third kappa shape index (κ3) is 2.92. The predicted molar refractivity (Wildman–Crippen MR) is 131 cm³/mol. The molecule has 0 atom stereocenters. The first-order valence-corrected chi connectivity index (χ1v) is 13.9. The van der Waals surface area contributed by atoms with Crippen LogP contribution in [0.3, 0.4) is 0 Å². The van der Waals surface area contributed by atoms with Gasteiger partial charge in [-0.15, -0.1) is 11.3 Å².